The van der Waals surface area contributed by atoms with Crippen LogP contribution in [0.25, 0.3) is 0 Å². The van der Waals surface area contributed by atoms with Crippen LogP contribution in [-0.2, 0) is 12.8 Å². The monoisotopic (exact) mass is 254 g/mol. The number of aromatic amines is 1. The van der Waals surface area contributed by atoms with Crippen molar-refractivity contribution in [2.45, 2.75) is 19.3 Å². The summed E-state index contributed by atoms with van der Waals surface area (Å²) in [6, 6.07) is 5.60. The van der Waals surface area contributed by atoms with E-state index in [2.05, 4.69) is 9.97 Å². The molecule has 2 nitrogen and oxygen atoms in total. The van der Waals surface area contributed by atoms with Gasteiger partial charge in [-0.15, -0.1) is 0 Å². The van der Waals surface area contributed by atoms with Crippen molar-refractivity contribution < 1.29 is 0 Å². The summed E-state index contributed by atoms with van der Waals surface area (Å²) in [5.74, 6) is 1.00. The Morgan fingerprint density at radius 1 is 1.12 bits per heavy atom. The molecule has 2 aromatic rings. The SMILES string of the molecule is Clc1cccc(Cl)c1CCCc1ncc[nH]1. The Labute approximate surface area is 105 Å². The molecule has 4 heteroatoms. The summed E-state index contributed by atoms with van der Waals surface area (Å²) in [4.78, 5) is 7.25. The molecule has 0 aliphatic carbocycles. The largest absolute Gasteiger partial charge is 0.349 e. The Bertz CT molecular complexity index is 432. The molecule has 0 unspecified atom stereocenters. The number of imidazole rings is 1. The summed E-state index contributed by atoms with van der Waals surface area (Å²) in [6.45, 7) is 0. The van der Waals surface area contributed by atoms with Crippen molar-refractivity contribution >= 4 is 23.2 Å². The van der Waals surface area contributed by atoms with E-state index in [-0.39, 0.29) is 0 Å². The molecule has 0 bridgehead atoms. The average molecular weight is 255 g/mol. The van der Waals surface area contributed by atoms with Gasteiger partial charge in [0.25, 0.3) is 0 Å². The quantitative estimate of drug-likeness (QED) is 0.882. The number of nitrogens with zero attached hydrogens (tertiary/aromatic N) is 1. The van der Waals surface area contributed by atoms with Crippen molar-refractivity contribution in [2.24, 2.45) is 0 Å². The molecule has 0 amide bonds. The number of rotatable bonds is 4. The third kappa shape index (κ3) is 2.77. The molecule has 1 aromatic heterocycles. The summed E-state index contributed by atoms with van der Waals surface area (Å²) in [6.07, 6.45) is 6.36. The molecular formula is C12H12Cl2N2. The Hall–Kier alpha value is -0.990. The van der Waals surface area contributed by atoms with Crippen molar-refractivity contribution in [1.29, 1.82) is 0 Å². The van der Waals surface area contributed by atoms with Crippen molar-refractivity contribution in [3.05, 3.63) is 52.0 Å². The van der Waals surface area contributed by atoms with Gasteiger partial charge in [0.05, 0.1) is 0 Å². The van der Waals surface area contributed by atoms with Crippen LogP contribution in [0.15, 0.2) is 30.6 Å². The standard InChI is InChI=1S/C12H12Cl2N2/c13-10-4-2-5-11(14)9(10)3-1-6-12-15-7-8-16-12/h2,4-5,7-8H,1,3,6H2,(H,15,16). The van der Waals surface area contributed by atoms with E-state index in [0.717, 1.165) is 40.7 Å². The second kappa shape index (κ2) is 5.37. The minimum atomic E-state index is 0.743. The maximum absolute atomic E-state index is 6.08. The van der Waals surface area contributed by atoms with Crippen LogP contribution in [0.3, 0.4) is 0 Å². The number of halogens is 2. The number of aromatic nitrogens is 2. The maximum Gasteiger partial charge on any atom is 0.106 e. The van der Waals surface area contributed by atoms with Gasteiger partial charge in [0, 0.05) is 28.9 Å². The molecule has 1 aromatic carbocycles. The van der Waals surface area contributed by atoms with Crippen molar-refractivity contribution in [2.75, 3.05) is 0 Å². The fourth-order valence-corrected chi connectivity index (χ4v) is 2.22. The Morgan fingerprint density at radius 3 is 2.50 bits per heavy atom. The molecule has 16 heavy (non-hydrogen) atoms. The first-order valence-corrected chi connectivity index (χ1v) is 5.94. The molecule has 1 heterocycles. The molecule has 0 spiro atoms. The molecule has 0 radical (unpaired) electrons. The topological polar surface area (TPSA) is 28.7 Å². The van der Waals surface area contributed by atoms with E-state index in [1.165, 1.54) is 0 Å². The van der Waals surface area contributed by atoms with E-state index < -0.39 is 0 Å². The van der Waals surface area contributed by atoms with Crippen LogP contribution in [0.5, 0.6) is 0 Å². The van der Waals surface area contributed by atoms with Crippen LogP contribution in [0.1, 0.15) is 17.8 Å². The minimum absolute atomic E-state index is 0.743. The van der Waals surface area contributed by atoms with Gasteiger partial charge in [-0.05, 0) is 30.5 Å². The highest BCUT2D eigenvalue weighted by Crippen LogP contribution is 2.25. The van der Waals surface area contributed by atoms with Crippen LogP contribution in [0.2, 0.25) is 10.0 Å². The first-order chi connectivity index (χ1) is 7.77. The zero-order chi connectivity index (χ0) is 11.4. The number of H-pyrrole nitrogens is 1. The highest BCUT2D eigenvalue weighted by atomic mass is 35.5. The van der Waals surface area contributed by atoms with E-state index >= 15 is 0 Å². The fourth-order valence-electron chi connectivity index (χ4n) is 1.64. The number of nitrogens with one attached hydrogen (secondary N) is 1. The summed E-state index contributed by atoms with van der Waals surface area (Å²) >= 11 is 12.2. The first-order valence-electron chi connectivity index (χ1n) is 5.18. The normalized spacial score (nSPS) is 10.6. The van der Waals surface area contributed by atoms with E-state index in [0.29, 0.717) is 0 Å². The van der Waals surface area contributed by atoms with Crippen molar-refractivity contribution in [3.63, 3.8) is 0 Å². The summed E-state index contributed by atoms with van der Waals surface area (Å²) < 4.78 is 0. The van der Waals surface area contributed by atoms with E-state index in [1.807, 2.05) is 24.4 Å². The highest BCUT2D eigenvalue weighted by molar-refractivity contribution is 6.35. The van der Waals surface area contributed by atoms with Gasteiger partial charge in [-0.25, -0.2) is 4.98 Å². The Kier molecular flexibility index (Phi) is 3.86. The molecule has 2 rings (SSSR count). The van der Waals surface area contributed by atoms with Gasteiger partial charge < -0.3 is 4.98 Å². The Balaban J connectivity index is 1.95. The second-order valence-corrected chi connectivity index (χ2v) is 4.40. The molecule has 0 aliphatic rings. The second-order valence-electron chi connectivity index (χ2n) is 3.59. The number of hydrogen-bond donors (Lipinski definition) is 1. The average Bonchev–Trinajstić information content (AvgIpc) is 2.75. The summed E-state index contributed by atoms with van der Waals surface area (Å²) in [5, 5.41) is 1.49. The van der Waals surface area contributed by atoms with Gasteiger partial charge in [-0.3, -0.25) is 0 Å². The van der Waals surface area contributed by atoms with Crippen LogP contribution in [-0.4, -0.2) is 9.97 Å². The molecule has 84 valence electrons. The fraction of sp³-hybridized carbons (Fsp3) is 0.250. The molecule has 0 saturated heterocycles. The number of hydrogen-bond acceptors (Lipinski definition) is 1. The van der Waals surface area contributed by atoms with E-state index in [4.69, 9.17) is 23.2 Å². The molecule has 0 aliphatic heterocycles. The van der Waals surface area contributed by atoms with Crippen molar-refractivity contribution in [1.82, 2.24) is 9.97 Å². The lowest BCUT2D eigenvalue weighted by Crippen LogP contribution is -1.93. The zero-order valence-corrected chi connectivity index (χ0v) is 10.2. The summed E-state index contributed by atoms with van der Waals surface area (Å²) in [5.41, 5.74) is 1.03. The Morgan fingerprint density at radius 2 is 1.88 bits per heavy atom. The van der Waals surface area contributed by atoms with Gasteiger partial charge in [0.1, 0.15) is 5.82 Å². The molecule has 0 saturated carbocycles. The van der Waals surface area contributed by atoms with E-state index in [1.54, 1.807) is 6.20 Å². The smallest absolute Gasteiger partial charge is 0.106 e. The van der Waals surface area contributed by atoms with Crippen LogP contribution >= 0.6 is 23.2 Å². The maximum atomic E-state index is 6.08. The zero-order valence-electron chi connectivity index (χ0n) is 8.71. The highest BCUT2D eigenvalue weighted by Gasteiger charge is 2.05. The van der Waals surface area contributed by atoms with Crippen LogP contribution in [0, 0.1) is 0 Å². The van der Waals surface area contributed by atoms with Crippen molar-refractivity contribution in [3.8, 4) is 0 Å². The molecular weight excluding hydrogens is 243 g/mol. The molecule has 1 N–H and O–H groups in total. The van der Waals surface area contributed by atoms with Gasteiger partial charge in [-0.1, -0.05) is 29.3 Å². The van der Waals surface area contributed by atoms with Gasteiger partial charge in [0.15, 0.2) is 0 Å². The number of aryl methyl sites for hydroxylation is 1. The lowest BCUT2D eigenvalue weighted by atomic mass is 10.1. The summed E-state index contributed by atoms with van der Waals surface area (Å²) in [7, 11) is 0. The van der Waals surface area contributed by atoms with Crippen LogP contribution in [0.4, 0.5) is 0 Å². The lowest BCUT2D eigenvalue weighted by Gasteiger charge is -2.05. The van der Waals surface area contributed by atoms with E-state index in [9.17, 15) is 0 Å². The lowest BCUT2D eigenvalue weighted by molar-refractivity contribution is 0.783. The predicted octanol–water partition coefficient (Wildman–Crippen LogP) is 3.89. The third-order valence-corrected chi connectivity index (χ3v) is 3.17. The van der Waals surface area contributed by atoms with Gasteiger partial charge >= 0.3 is 0 Å². The molecule has 0 atom stereocenters. The van der Waals surface area contributed by atoms with Gasteiger partial charge in [-0.2, -0.15) is 0 Å². The molecule has 0 fully saturated rings. The third-order valence-electron chi connectivity index (χ3n) is 2.46. The van der Waals surface area contributed by atoms with Crippen LogP contribution < -0.4 is 0 Å². The minimum Gasteiger partial charge on any atom is -0.349 e. The van der Waals surface area contributed by atoms with Gasteiger partial charge in [0.2, 0.25) is 0 Å². The first kappa shape index (κ1) is 11.5. The number of benzene rings is 1. The predicted molar refractivity (Wildman–Crippen MR) is 67.1 cm³/mol.